The van der Waals surface area contributed by atoms with Crippen LogP contribution in [-0.4, -0.2) is 25.7 Å². The van der Waals surface area contributed by atoms with Gasteiger partial charge in [0.25, 0.3) is 5.91 Å². The molecule has 25 heavy (non-hydrogen) atoms. The van der Waals surface area contributed by atoms with Crippen LogP contribution in [0.1, 0.15) is 54.3 Å². The van der Waals surface area contributed by atoms with E-state index in [0.29, 0.717) is 23.3 Å². The van der Waals surface area contributed by atoms with Crippen LogP contribution in [0.15, 0.2) is 24.5 Å². The molecule has 0 bridgehead atoms. The Balaban J connectivity index is 1.45. The Bertz CT molecular complexity index is 896. The van der Waals surface area contributed by atoms with Crippen molar-refractivity contribution in [2.24, 2.45) is 0 Å². The molecule has 130 valence electrons. The molecule has 0 spiro atoms. The first-order valence-corrected chi connectivity index (χ1v) is 9.35. The molecule has 0 saturated heterocycles. The Hall–Kier alpha value is -2.48. The molecule has 7 nitrogen and oxygen atoms in total. The number of carbonyl (C=O) groups excluding carboxylic acids is 1. The van der Waals surface area contributed by atoms with Gasteiger partial charge in [-0.25, -0.2) is 4.98 Å². The van der Waals surface area contributed by atoms with Gasteiger partial charge in [-0.3, -0.25) is 4.79 Å². The summed E-state index contributed by atoms with van der Waals surface area (Å²) in [4.78, 5) is 16.7. The first-order chi connectivity index (χ1) is 12.2. The molecule has 3 N–H and O–H groups in total. The van der Waals surface area contributed by atoms with Crippen LogP contribution in [0.3, 0.4) is 0 Å². The number of thiazole rings is 1. The van der Waals surface area contributed by atoms with Crippen molar-refractivity contribution in [3.05, 3.63) is 35.9 Å². The van der Waals surface area contributed by atoms with Crippen molar-refractivity contribution >= 4 is 32.6 Å². The number of hydrogen-bond acceptors (Lipinski definition) is 6. The van der Waals surface area contributed by atoms with Gasteiger partial charge >= 0.3 is 0 Å². The quantitative estimate of drug-likeness (QED) is 0.749. The number of rotatable bonds is 4. The number of hydrogen-bond donors (Lipinski definition) is 2. The summed E-state index contributed by atoms with van der Waals surface area (Å²) in [6.45, 7) is 0.368. The fraction of sp³-hybridized carbons (Fsp3) is 0.412. The normalized spacial score (nSPS) is 15.5. The smallest absolute Gasteiger partial charge is 0.251 e. The third-order valence-corrected chi connectivity index (χ3v) is 5.55. The summed E-state index contributed by atoms with van der Waals surface area (Å²) in [5, 5.41) is 11.7. The second-order valence-electron chi connectivity index (χ2n) is 6.36. The lowest BCUT2D eigenvalue weighted by molar-refractivity contribution is 0.0949. The Kier molecular flexibility index (Phi) is 4.35. The number of carbonyl (C=O) groups is 1. The lowest BCUT2D eigenvalue weighted by Gasteiger charge is -2.24. The molecule has 4 rings (SSSR count). The number of nitrogens with one attached hydrogen (secondary N) is 1. The van der Waals surface area contributed by atoms with E-state index < -0.39 is 0 Å². The van der Waals surface area contributed by atoms with Crippen molar-refractivity contribution in [2.75, 3.05) is 5.73 Å². The highest BCUT2D eigenvalue weighted by atomic mass is 32.1. The third-order valence-electron chi connectivity index (χ3n) is 4.69. The van der Waals surface area contributed by atoms with Crippen molar-refractivity contribution in [2.45, 2.75) is 44.7 Å². The van der Waals surface area contributed by atoms with E-state index in [1.54, 1.807) is 18.5 Å². The lowest BCUT2D eigenvalue weighted by Crippen LogP contribution is -2.26. The Morgan fingerprint density at radius 3 is 3.00 bits per heavy atom. The molecule has 1 aliphatic carbocycles. The first kappa shape index (κ1) is 16.0. The van der Waals surface area contributed by atoms with Crippen LogP contribution in [-0.2, 0) is 6.54 Å². The monoisotopic (exact) mass is 356 g/mol. The summed E-state index contributed by atoms with van der Waals surface area (Å²) in [6, 6.07) is 5.89. The predicted octanol–water partition coefficient (Wildman–Crippen LogP) is 2.91. The number of aromatic nitrogens is 4. The highest BCUT2D eigenvalue weighted by Gasteiger charge is 2.19. The fourth-order valence-electron chi connectivity index (χ4n) is 3.41. The number of anilines is 1. The SMILES string of the molecule is Nc1nc2cc(C(=O)NCc3nncn3C3CCCCC3)ccc2s1. The molecule has 1 saturated carbocycles. The maximum Gasteiger partial charge on any atom is 0.251 e. The second-order valence-corrected chi connectivity index (χ2v) is 7.43. The van der Waals surface area contributed by atoms with Gasteiger partial charge in [0.05, 0.1) is 16.8 Å². The summed E-state index contributed by atoms with van der Waals surface area (Å²) in [5.74, 6) is 0.658. The standard InChI is InChI=1S/C17H20N6OS/c18-17-21-13-8-11(6-7-14(13)25-17)16(24)19-9-15-22-20-10-23(15)12-4-2-1-3-5-12/h6-8,10,12H,1-5,9H2,(H2,18,21)(H,19,24). The van der Waals surface area contributed by atoms with Crippen LogP contribution in [0, 0.1) is 0 Å². The van der Waals surface area contributed by atoms with Gasteiger partial charge in [0.15, 0.2) is 11.0 Å². The van der Waals surface area contributed by atoms with Crippen LogP contribution in [0.4, 0.5) is 5.13 Å². The molecular formula is C17H20N6OS. The van der Waals surface area contributed by atoms with Crippen molar-refractivity contribution in [1.82, 2.24) is 25.1 Å². The average molecular weight is 356 g/mol. The number of fused-ring (bicyclic) bond motifs is 1. The maximum atomic E-state index is 12.5. The minimum atomic E-state index is -0.147. The molecule has 0 aliphatic heterocycles. The predicted molar refractivity (Wildman–Crippen MR) is 97.3 cm³/mol. The van der Waals surface area contributed by atoms with Crippen molar-refractivity contribution < 1.29 is 4.79 Å². The van der Waals surface area contributed by atoms with E-state index >= 15 is 0 Å². The number of nitrogens with zero attached hydrogens (tertiary/aromatic N) is 4. The molecule has 2 aromatic heterocycles. The molecule has 0 unspecified atom stereocenters. The van der Waals surface area contributed by atoms with E-state index in [0.717, 1.165) is 28.9 Å². The van der Waals surface area contributed by atoms with Gasteiger partial charge in [-0.2, -0.15) is 0 Å². The van der Waals surface area contributed by atoms with Gasteiger partial charge in [0, 0.05) is 11.6 Å². The van der Waals surface area contributed by atoms with Crippen LogP contribution < -0.4 is 11.1 Å². The highest BCUT2D eigenvalue weighted by molar-refractivity contribution is 7.22. The molecule has 0 atom stereocenters. The van der Waals surface area contributed by atoms with Gasteiger partial charge in [-0.1, -0.05) is 30.6 Å². The number of benzene rings is 1. The van der Waals surface area contributed by atoms with Gasteiger partial charge in [0.1, 0.15) is 6.33 Å². The van der Waals surface area contributed by atoms with E-state index in [2.05, 4.69) is 25.1 Å². The number of nitrogen functional groups attached to an aromatic ring is 1. The van der Waals surface area contributed by atoms with Crippen LogP contribution in [0.25, 0.3) is 10.2 Å². The molecule has 1 aromatic carbocycles. The molecule has 1 fully saturated rings. The summed E-state index contributed by atoms with van der Waals surface area (Å²) in [6.07, 6.45) is 7.87. The van der Waals surface area contributed by atoms with E-state index in [-0.39, 0.29) is 5.91 Å². The largest absolute Gasteiger partial charge is 0.375 e. The minimum absolute atomic E-state index is 0.147. The van der Waals surface area contributed by atoms with Crippen LogP contribution in [0.5, 0.6) is 0 Å². The average Bonchev–Trinajstić information content (AvgIpc) is 3.24. The van der Waals surface area contributed by atoms with Gasteiger partial charge < -0.3 is 15.6 Å². The zero-order valence-electron chi connectivity index (χ0n) is 13.8. The molecule has 8 heteroatoms. The topological polar surface area (TPSA) is 98.7 Å². The minimum Gasteiger partial charge on any atom is -0.375 e. The highest BCUT2D eigenvalue weighted by Crippen LogP contribution is 2.28. The van der Waals surface area contributed by atoms with Crippen LogP contribution in [0.2, 0.25) is 0 Å². The Morgan fingerprint density at radius 2 is 2.16 bits per heavy atom. The van der Waals surface area contributed by atoms with Crippen molar-refractivity contribution in [3.8, 4) is 0 Å². The van der Waals surface area contributed by atoms with Crippen LogP contribution >= 0.6 is 11.3 Å². The zero-order valence-corrected chi connectivity index (χ0v) is 14.6. The molecule has 3 aromatic rings. The van der Waals surface area contributed by atoms with E-state index in [4.69, 9.17) is 5.73 Å². The van der Waals surface area contributed by atoms with E-state index in [1.807, 2.05) is 6.07 Å². The van der Waals surface area contributed by atoms with Gasteiger partial charge in [-0.15, -0.1) is 10.2 Å². The van der Waals surface area contributed by atoms with Crippen molar-refractivity contribution in [1.29, 1.82) is 0 Å². The molecule has 0 radical (unpaired) electrons. The molecule has 1 amide bonds. The van der Waals surface area contributed by atoms with Gasteiger partial charge in [0.2, 0.25) is 0 Å². The molecule has 1 aliphatic rings. The van der Waals surface area contributed by atoms with Crippen molar-refractivity contribution in [3.63, 3.8) is 0 Å². The molecule has 2 heterocycles. The number of nitrogens with two attached hydrogens (primary N) is 1. The second kappa shape index (κ2) is 6.79. The first-order valence-electron chi connectivity index (χ1n) is 8.53. The number of amides is 1. The summed E-state index contributed by atoms with van der Waals surface area (Å²) < 4.78 is 3.09. The summed E-state index contributed by atoms with van der Waals surface area (Å²) in [7, 11) is 0. The summed E-state index contributed by atoms with van der Waals surface area (Å²) >= 11 is 1.42. The maximum absolute atomic E-state index is 12.5. The Labute approximate surface area is 149 Å². The zero-order chi connectivity index (χ0) is 17.2. The fourth-order valence-corrected chi connectivity index (χ4v) is 4.12. The van der Waals surface area contributed by atoms with E-state index in [1.165, 1.54) is 30.6 Å². The third kappa shape index (κ3) is 3.34. The van der Waals surface area contributed by atoms with E-state index in [9.17, 15) is 4.79 Å². The lowest BCUT2D eigenvalue weighted by atomic mass is 9.95. The Morgan fingerprint density at radius 1 is 1.32 bits per heavy atom. The van der Waals surface area contributed by atoms with Gasteiger partial charge in [-0.05, 0) is 31.0 Å². The summed E-state index contributed by atoms with van der Waals surface area (Å²) in [5.41, 5.74) is 7.04. The molecular weight excluding hydrogens is 336 g/mol.